The molecule has 1 atom stereocenters. The summed E-state index contributed by atoms with van der Waals surface area (Å²) >= 11 is 0. The van der Waals surface area contributed by atoms with Crippen molar-refractivity contribution in [1.29, 1.82) is 5.26 Å². The molecule has 0 bridgehead atoms. The smallest absolute Gasteiger partial charge is 0.130 e. The van der Waals surface area contributed by atoms with Gasteiger partial charge in [-0.25, -0.2) is 8.78 Å². The number of anilines is 1. The van der Waals surface area contributed by atoms with Crippen molar-refractivity contribution in [3.05, 3.63) is 65.2 Å². The fraction of sp³-hybridized carbons (Fsp3) is 0.350. The minimum Gasteiger partial charge on any atom is -0.370 e. The third-order valence-electron chi connectivity index (χ3n) is 4.85. The summed E-state index contributed by atoms with van der Waals surface area (Å²) < 4.78 is 27.2. The lowest BCUT2D eigenvalue weighted by Gasteiger charge is -2.28. The first-order valence-corrected chi connectivity index (χ1v) is 8.52. The molecule has 3 rings (SSSR count). The van der Waals surface area contributed by atoms with E-state index in [1.165, 1.54) is 6.07 Å². The van der Waals surface area contributed by atoms with Gasteiger partial charge in [0.2, 0.25) is 0 Å². The van der Waals surface area contributed by atoms with Crippen LogP contribution in [0.1, 0.15) is 30.5 Å². The number of hydrogen-bond acceptors (Lipinski definition) is 3. The maximum atomic E-state index is 14.1. The van der Waals surface area contributed by atoms with Gasteiger partial charge in [-0.1, -0.05) is 6.07 Å². The molecular weight excluding hydrogens is 320 g/mol. The van der Waals surface area contributed by atoms with Crippen LogP contribution >= 0.6 is 0 Å². The number of halogens is 2. The highest BCUT2D eigenvalue weighted by Gasteiger charge is 2.22. The largest absolute Gasteiger partial charge is 0.370 e. The van der Waals surface area contributed by atoms with E-state index in [2.05, 4.69) is 15.9 Å². The molecule has 0 N–H and O–H groups in total. The first kappa shape index (κ1) is 17.4. The Hall–Kier alpha value is -2.45. The third kappa shape index (κ3) is 3.97. The molecule has 1 saturated heterocycles. The molecule has 130 valence electrons. The van der Waals surface area contributed by atoms with E-state index in [-0.39, 0.29) is 6.04 Å². The van der Waals surface area contributed by atoms with Gasteiger partial charge in [-0.15, -0.1) is 0 Å². The van der Waals surface area contributed by atoms with Gasteiger partial charge in [0.05, 0.1) is 11.6 Å². The van der Waals surface area contributed by atoms with E-state index in [0.29, 0.717) is 11.1 Å². The zero-order chi connectivity index (χ0) is 17.8. The van der Waals surface area contributed by atoms with E-state index < -0.39 is 11.6 Å². The topological polar surface area (TPSA) is 30.3 Å². The summed E-state index contributed by atoms with van der Waals surface area (Å²) in [6.45, 7) is 5.39. The maximum absolute atomic E-state index is 14.1. The predicted octanol–water partition coefficient (Wildman–Crippen LogP) is 4.11. The van der Waals surface area contributed by atoms with Crippen molar-refractivity contribution in [2.24, 2.45) is 0 Å². The molecule has 3 nitrogen and oxygen atoms in total. The highest BCUT2D eigenvalue weighted by molar-refractivity contribution is 5.49. The lowest BCUT2D eigenvalue weighted by molar-refractivity contribution is 0.221. The molecule has 1 fully saturated rings. The minimum atomic E-state index is -0.545. The van der Waals surface area contributed by atoms with Gasteiger partial charge in [0.15, 0.2) is 0 Å². The molecule has 1 heterocycles. The summed E-state index contributed by atoms with van der Waals surface area (Å²) in [5, 5.41) is 8.90. The zero-order valence-corrected chi connectivity index (χ0v) is 14.3. The Bertz CT molecular complexity index is 768. The van der Waals surface area contributed by atoms with Crippen molar-refractivity contribution in [1.82, 2.24) is 4.90 Å². The van der Waals surface area contributed by atoms with Crippen LogP contribution in [-0.2, 0) is 0 Å². The number of rotatable bonds is 3. The maximum Gasteiger partial charge on any atom is 0.130 e. The zero-order valence-electron chi connectivity index (χ0n) is 14.3. The average molecular weight is 341 g/mol. The molecule has 2 aromatic rings. The molecular formula is C20H21F2N3. The Labute approximate surface area is 147 Å². The fourth-order valence-corrected chi connectivity index (χ4v) is 3.37. The molecule has 0 radical (unpaired) electrons. The molecule has 0 amide bonds. The van der Waals surface area contributed by atoms with E-state index in [9.17, 15) is 8.78 Å². The van der Waals surface area contributed by atoms with Crippen molar-refractivity contribution in [2.45, 2.75) is 19.4 Å². The number of hydrogen-bond donors (Lipinski definition) is 0. The van der Waals surface area contributed by atoms with E-state index in [0.717, 1.165) is 44.4 Å². The standard InChI is InChI=1S/C20H21F2N3/c1-15(19-8-5-17(21)13-20(19)22)24-9-2-10-25(12-11-24)18-6-3-16(14-23)4-7-18/h3-8,13,15H,2,9-12H2,1H3. The lowest BCUT2D eigenvalue weighted by atomic mass is 10.1. The van der Waals surface area contributed by atoms with Crippen LogP contribution < -0.4 is 4.90 Å². The molecule has 0 saturated carbocycles. The van der Waals surface area contributed by atoms with Gasteiger partial charge < -0.3 is 4.90 Å². The number of nitrogens with zero attached hydrogens (tertiary/aromatic N) is 3. The average Bonchev–Trinajstić information content (AvgIpc) is 2.87. The van der Waals surface area contributed by atoms with Crippen molar-refractivity contribution in [3.8, 4) is 6.07 Å². The summed E-state index contributed by atoms with van der Waals surface area (Å²) in [4.78, 5) is 4.52. The molecule has 25 heavy (non-hydrogen) atoms. The highest BCUT2D eigenvalue weighted by Crippen LogP contribution is 2.26. The molecule has 2 aromatic carbocycles. The van der Waals surface area contributed by atoms with Gasteiger partial charge in [0.25, 0.3) is 0 Å². The van der Waals surface area contributed by atoms with Gasteiger partial charge in [-0.3, -0.25) is 4.90 Å². The highest BCUT2D eigenvalue weighted by atomic mass is 19.1. The second-order valence-corrected chi connectivity index (χ2v) is 6.38. The second-order valence-electron chi connectivity index (χ2n) is 6.38. The van der Waals surface area contributed by atoms with Crippen molar-refractivity contribution in [2.75, 3.05) is 31.1 Å². The van der Waals surface area contributed by atoms with Gasteiger partial charge >= 0.3 is 0 Å². The van der Waals surface area contributed by atoms with Crippen molar-refractivity contribution < 1.29 is 8.78 Å². The van der Waals surface area contributed by atoms with E-state index in [4.69, 9.17) is 5.26 Å². The minimum absolute atomic E-state index is 0.0958. The number of benzene rings is 2. The van der Waals surface area contributed by atoms with Crippen LogP contribution in [-0.4, -0.2) is 31.1 Å². The monoisotopic (exact) mass is 341 g/mol. The summed E-state index contributed by atoms with van der Waals surface area (Å²) in [5.74, 6) is -1.03. The Kier molecular flexibility index (Phi) is 5.30. The van der Waals surface area contributed by atoms with Crippen LogP contribution in [0.15, 0.2) is 42.5 Å². The fourth-order valence-electron chi connectivity index (χ4n) is 3.37. The molecule has 1 aliphatic heterocycles. The molecule has 0 aromatic heterocycles. The summed E-state index contributed by atoms with van der Waals surface area (Å²) in [5.41, 5.74) is 2.29. The molecule has 1 unspecified atom stereocenters. The molecule has 1 aliphatic rings. The summed E-state index contributed by atoms with van der Waals surface area (Å²) in [6.07, 6.45) is 0.965. The molecule has 0 spiro atoms. The van der Waals surface area contributed by atoms with Crippen LogP contribution in [0.3, 0.4) is 0 Å². The van der Waals surface area contributed by atoms with Crippen LogP contribution in [0.4, 0.5) is 14.5 Å². The second kappa shape index (κ2) is 7.62. The van der Waals surface area contributed by atoms with Crippen LogP contribution in [0.2, 0.25) is 0 Å². The summed E-state index contributed by atoms with van der Waals surface area (Å²) in [7, 11) is 0. The van der Waals surface area contributed by atoms with Gasteiger partial charge in [-0.2, -0.15) is 5.26 Å². The Morgan fingerprint density at radius 2 is 1.76 bits per heavy atom. The first-order chi connectivity index (χ1) is 12.1. The van der Waals surface area contributed by atoms with Crippen molar-refractivity contribution >= 4 is 5.69 Å². The third-order valence-corrected chi connectivity index (χ3v) is 4.85. The van der Waals surface area contributed by atoms with E-state index in [1.807, 2.05) is 31.2 Å². The Balaban J connectivity index is 1.69. The normalized spacial score (nSPS) is 17.0. The van der Waals surface area contributed by atoms with Crippen LogP contribution in [0.5, 0.6) is 0 Å². The van der Waals surface area contributed by atoms with Crippen LogP contribution in [0.25, 0.3) is 0 Å². The SMILES string of the molecule is CC(c1ccc(F)cc1F)N1CCCN(c2ccc(C#N)cc2)CC1. The van der Waals surface area contributed by atoms with Crippen molar-refractivity contribution in [3.63, 3.8) is 0 Å². The van der Waals surface area contributed by atoms with E-state index >= 15 is 0 Å². The Morgan fingerprint density at radius 3 is 2.44 bits per heavy atom. The summed E-state index contributed by atoms with van der Waals surface area (Å²) in [6, 6.07) is 13.4. The van der Waals surface area contributed by atoms with E-state index in [1.54, 1.807) is 6.07 Å². The molecule has 5 heteroatoms. The first-order valence-electron chi connectivity index (χ1n) is 8.52. The quantitative estimate of drug-likeness (QED) is 0.842. The number of nitriles is 1. The van der Waals surface area contributed by atoms with Gasteiger partial charge in [-0.05, 0) is 43.7 Å². The van der Waals surface area contributed by atoms with Crippen LogP contribution in [0, 0.1) is 23.0 Å². The van der Waals surface area contributed by atoms with Gasteiger partial charge in [0, 0.05) is 49.5 Å². The van der Waals surface area contributed by atoms with Gasteiger partial charge in [0.1, 0.15) is 11.6 Å². The Morgan fingerprint density at radius 1 is 1.00 bits per heavy atom. The molecule has 0 aliphatic carbocycles. The lowest BCUT2D eigenvalue weighted by Crippen LogP contribution is -2.32. The predicted molar refractivity (Wildman–Crippen MR) is 94.3 cm³/mol.